The number of aromatic nitrogens is 2. The second-order valence-corrected chi connectivity index (χ2v) is 9.26. The fourth-order valence-electron chi connectivity index (χ4n) is 4.28. The van der Waals surface area contributed by atoms with Crippen LogP contribution in [0.15, 0.2) is 48.7 Å². The summed E-state index contributed by atoms with van der Waals surface area (Å²) < 4.78 is 21.6. The van der Waals surface area contributed by atoms with Gasteiger partial charge in [0.2, 0.25) is 5.95 Å². The zero-order valence-corrected chi connectivity index (χ0v) is 24.1. The highest BCUT2D eigenvalue weighted by molar-refractivity contribution is 6.12. The quantitative estimate of drug-likeness (QED) is 0.227. The molecule has 2 heterocycles. The number of para-hydroxylation sites is 1. The van der Waals surface area contributed by atoms with Gasteiger partial charge in [0, 0.05) is 32.7 Å². The molecule has 1 aliphatic rings. The Hall–Kier alpha value is -4.30. The monoisotopic (exact) mass is 579 g/mol. The number of hydrogen-bond donors (Lipinski definition) is 3. The maximum absolute atomic E-state index is 13.1. The molecule has 2 amide bonds. The number of nitrogens with zero attached hydrogens (tertiary/aromatic N) is 4. The highest BCUT2D eigenvalue weighted by atomic mass is 16.5. The Morgan fingerprint density at radius 2 is 1.64 bits per heavy atom. The second-order valence-electron chi connectivity index (χ2n) is 9.26. The molecule has 42 heavy (non-hydrogen) atoms. The molecule has 0 atom stereocenters. The summed E-state index contributed by atoms with van der Waals surface area (Å²) in [5.74, 6) is 0.723. The van der Waals surface area contributed by atoms with E-state index in [4.69, 9.17) is 24.7 Å². The van der Waals surface area contributed by atoms with Gasteiger partial charge in [0.15, 0.2) is 5.82 Å². The van der Waals surface area contributed by atoms with Crippen molar-refractivity contribution in [3.63, 3.8) is 0 Å². The minimum absolute atomic E-state index is 0.170. The van der Waals surface area contributed by atoms with E-state index in [0.717, 1.165) is 5.69 Å². The van der Waals surface area contributed by atoms with Crippen LogP contribution in [0.3, 0.4) is 0 Å². The van der Waals surface area contributed by atoms with Gasteiger partial charge < -0.3 is 40.2 Å². The van der Waals surface area contributed by atoms with Crippen LogP contribution in [-0.2, 0) is 14.2 Å². The van der Waals surface area contributed by atoms with Gasteiger partial charge in [-0.05, 0) is 30.3 Å². The van der Waals surface area contributed by atoms with Crippen molar-refractivity contribution in [1.29, 1.82) is 0 Å². The summed E-state index contributed by atoms with van der Waals surface area (Å²) in [4.78, 5) is 38.3. The van der Waals surface area contributed by atoms with E-state index in [2.05, 4.69) is 20.6 Å². The van der Waals surface area contributed by atoms with E-state index in [9.17, 15) is 9.59 Å². The van der Waals surface area contributed by atoms with Gasteiger partial charge in [-0.3, -0.25) is 14.5 Å². The van der Waals surface area contributed by atoms with E-state index in [1.165, 1.54) is 12.0 Å². The molecule has 2 aromatic carbocycles. The molecule has 13 heteroatoms. The topological polar surface area (TPSA) is 153 Å². The van der Waals surface area contributed by atoms with Gasteiger partial charge in [-0.1, -0.05) is 12.1 Å². The zero-order valence-electron chi connectivity index (χ0n) is 24.1. The molecule has 1 aliphatic heterocycles. The summed E-state index contributed by atoms with van der Waals surface area (Å²) in [6, 6.07) is 12.4. The van der Waals surface area contributed by atoms with Crippen molar-refractivity contribution >= 4 is 40.6 Å². The average molecular weight is 580 g/mol. The first kappa shape index (κ1) is 30.7. The van der Waals surface area contributed by atoms with E-state index >= 15 is 0 Å². The molecule has 0 saturated heterocycles. The second kappa shape index (κ2) is 15.1. The van der Waals surface area contributed by atoms with Gasteiger partial charge in [-0.15, -0.1) is 0 Å². The standard InChI is InChI=1S/C29H37N7O6/c1-35-23-7-5-4-6-21(23)28(38)36(2)26-24(35)19-32-29(34-26)33-22-9-8-20(18-25(22)39-3)27(37)31-11-13-41-15-17-42-16-14-40-12-10-30/h4-9,18-19H,10-17,30H2,1-3H3,(H,31,37)(H,32,33,34). The number of fused-ring (bicyclic) bond motifs is 2. The minimum atomic E-state index is -0.263. The molecule has 0 aliphatic carbocycles. The van der Waals surface area contributed by atoms with Crippen LogP contribution in [0.4, 0.5) is 28.8 Å². The van der Waals surface area contributed by atoms with Crippen LogP contribution < -0.4 is 30.9 Å². The number of nitrogens with two attached hydrogens (primary N) is 1. The largest absolute Gasteiger partial charge is 0.495 e. The first-order valence-electron chi connectivity index (χ1n) is 13.6. The Morgan fingerprint density at radius 3 is 2.38 bits per heavy atom. The van der Waals surface area contributed by atoms with Crippen LogP contribution in [0.1, 0.15) is 20.7 Å². The molecule has 4 rings (SSSR count). The molecule has 4 N–H and O–H groups in total. The molecule has 0 bridgehead atoms. The third-order valence-electron chi connectivity index (χ3n) is 6.48. The molecular weight excluding hydrogens is 542 g/mol. The first-order valence-corrected chi connectivity index (χ1v) is 13.6. The number of methoxy groups -OCH3 is 1. The maximum atomic E-state index is 13.1. The molecule has 0 radical (unpaired) electrons. The lowest BCUT2D eigenvalue weighted by molar-refractivity contribution is 0.0166. The van der Waals surface area contributed by atoms with Gasteiger partial charge in [-0.2, -0.15) is 4.98 Å². The number of carbonyl (C=O) groups is 2. The number of hydrogen-bond acceptors (Lipinski definition) is 11. The van der Waals surface area contributed by atoms with Crippen molar-refractivity contribution in [2.24, 2.45) is 5.73 Å². The molecular formula is C29H37N7O6. The number of amides is 2. The van der Waals surface area contributed by atoms with Gasteiger partial charge in [0.1, 0.15) is 11.4 Å². The lowest BCUT2D eigenvalue weighted by Gasteiger charge is -2.21. The number of anilines is 5. The molecule has 0 fully saturated rings. The number of ether oxygens (including phenoxy) is 4. The van der Waals surface area contributed by atoms with Crippen LogP contribution >= 0.6 is 0 Å². The van der Waals surface area contributed by atoms with Crippen molar-refractivity contribution in [3.8, 4) is 5.75 Å². The summed E-state index contributed by atoms with van der Waals surface area (Å²) in [7, 11) is 5.07. The lowest BCUT2D eigenvalue weighted by atomic mass is 10.1. The number of nitrogens with one attached hydrogen (secondary N) is 2. The Bertz CT molecular complexity index is 1370. The molecule has 1 aromatic heterocycles. The van der Waals surface area contributed by atoms with Gasteiger partial charge in [-0.25, -0.2) is 4.98 Å². The van der Waals surface area contributed by atoms with Gasteiger partial charge >= 0.3 is 0 Å². The van der Waals surface area contributed by atoms with Crippen LogP contribution in [0.5, 0.6) is 5.75 Å². The molecule has 224 valence electrons. The Balaban J connectivity index is 1.32. The Labute approximate surface area is 244 Å². The van der Waals surface area contributed by atoms with Gasteiger partial charge in [0.25, 0.3) is 11.8 Å². The Morgan fingerprint density at radius 1 is 0.929 bits per heavy atom. The fraction of sp³-hybridized carbons (Fsp3) is 0.379. The average Bonchev–Trinajstić information content (AvgIpc) is 3.09. The summed E-state index contributed by atoms with van der Waals surface area (Å²) in [6.07, 6.45) is 1.66. The third-order valence-corrected chi connectivity index (χ3v) is 6.48. The van der Waals surface area contributed by atoms with Crippen LogP contribution in [0, 0.1) is 0 Å². The summed E-state index contributed by atoms with van der Waals surface area (Å²) in [6.45, 7) is 3.53. The van der Waals surface area contributed by atoms with Crippen molar-refractivity contribution < 1.29 is 28.5 Å². The van der Waals surface area contributed by atoms with Crippen molar-refractivity contribution in [3.05, 3.63) is 59.8 Å². The van der Waals surface area contributed by atoms with Crippen LogP contribution in [0.25, 0.3) is 0 Å². The summed E-state index contributed by atoms with van der Waals surface area (Å²) in [5, 5.41) is 5.97. The van der Waals surface area contributed by atoms with E-state index < -0.39 is 0 Å². The van der Waals surface area contributed by atoms with Crippen molar-refractivity contribution in [2.75, 3.05) is 89.1 Å². The van der Waals surface area contributed by atoms with Gasteiger partial charge in [0.05, 0.1) is 69.9 Å². The summed E-state index contributed by atoms with van der Waals surface area (Å²) >= 11 is 0. The zero-order chi connectivity index (χ0) is 29.9. The van der Waals surface area contributed by atoms with Crippen LogP contribution in [-0.4, -0.2) is 95.7 Å². The molecule has 0 unspecified atom stereocenters. The lowest BCUT2D eigenvalue weighted by Crippen LogP contribution is -2.27. The highest BCUT2D eigenvalue weighted by Crippen LogP contribution is 2.38. The Kier molecular flexibility index (Phi) is 11.0. The molecule has 13 nitrogen and oxygen atoms in total. The number of carbonyl (C=O) groups excluding carboxylic acids is 2. The fourth-order valence-corrected chi connectivity index (χ4v) is 4.28. The smallest absolute Gasteiger partial charge is 0.261 e. The summed E-state index contributed by atoms with van der Waals surface area (Å²) in [5.41, 5.74) is 8.36. The van der Waals surface area contributed by atoms with E-state index in [1.54, 1.807) is 37.5 Å². The van der Waals surface area contributed by atoms with E-state index in [1.807, 2.05) is 30.1 Å². The number of benzene rings is 2. The number of rotatable bonds is 15. The molecule has 3 aromatic rings. The highest BCUT2D eigenvalue weighted by Gasteiger charge is 2.29. The van der Waals surface area contributed by atoms with Crippen LogP contribution in [0.2, 0.25) is 0 Å². The van der Waals surface area contributed by atoms with E-state index in [0.29, 0.717) is 86.8 Å². The maximum Gasteiger partial charge on any atom is 0.261 e. The third kappa shape index (κ3) is 7.50. The first-order chi connectivity index (χ1) is 20.4. The van der Waals surface area contributed by atoms with Crippen molar-refractivity contribution in [2.45, 2.75) is 0 Å². The van der Waals surface area contributed by atoms with E-state index in [-0.39, 0.29) is 17.8 Å². The van der Waals surface area contributed by atoms with Crippen molar-refractivity contribution in [1.82, 2.24) is 15.3 Å². The molecule has 0 saturated carbocycles. The SMILES string of the molecule is COc1cc(C(=O)NCCOCCOCCOCCN)ccc1Nc1ncc2c(n1)N(C)C(=O)c1ccccc1N2C. The predicted octanol–water partition coefficient (Wildman–Crippen LogP) is 2.33. The predicted molar refractivity (Wildman–Crippen MR) is 159 cm³/mol. The minimum Gasteiger partial charge on any atom is -0.495 e. The normalized spacial score (nSPS) is 12.4. The molecule has 0 spiro atoms.